The zero-order chi connectivity index (χ0) is 12.3. The maximum Gasteiger partial charge on any atom is 0.323 e. The van der Waals surface area contributed by atoms with Crippen molar-refractivity contribution in [2.45, 2.75) is 12.5 Å². The minimum atomic E-state index is -0.283. The van der Waals surface area contributed by atoms with Gasteiger partial charge in [-0.1, -0.05) is 42.5 Å². The normalized spacial score (nSPS) is 17.1. The molecule has 1 aromatic rings. The third-order valence-electron chi connectivity index (χ3n) is 2.48. The molecule has 1 aromatic carbocycles. The number of hydrogen-bond acceptors (Lipinski definition) is 3. The molecule has 2 amide bonds. The predicted molar refractivity (Wildman–Crippen MR) is 67.4 cm³/mol. The molecule has 0 spiro atoms. The molecule has 0 radical (unpaired) electrons. The van der Waals surface area contributed by atoms with Crippen molar-refractivity contribution in [3.63, 3.8) is 0 Å². The number of rotatable bonds is 2. The Morgan fingerprint density at radius 3 is 2.82 bits per heavy atom. The van der Waals surface area contributed by atoms with E-state index in [1.807, 2.05) is 36.4 Å². The monoisotopic (exact) mass is 245 g/mol. The fourth-order valence-electron chi connectivity index (χ4n) is 1.49. The number of nitrogens with zero attached hydrogens (tertiary/aromatic N) is 2. The van der Waals surface area contributed by atoms with Crippen LogP contribution in [0.4, 0.5) is 4.79 Å². The van der Waals surface area contributed by atoms with Crippen molar-refractivity contribution in [1.82, 2.24) is 10.2 Å². The highest BCUT2D eigenvalue weighted by molar-refractivity contribution is 7.80. The quantitative estimate of drug-likeness (QED) is 0.634. The first kappa shape index (κ1) is 11.6. The van der Waals surface area contributed by atoms with Crippen LogP contribution >= 0.6 is 12.2 Å². The van der Waals surface area contributed by atoms with Gasteiger partial charge in [-0.05, 0) is 5.56 Å². The van der Waals surface area contributed by atoms with Crippen LogP contribution in [0.15, 0.2) is 30.3 Å². The Balaban J connectivity index is 1.83. The highest BCUT2D eigenvalue weighted by Crippen LogP contribution is 2.15. The number of urea groups is 1. The van der Waals surface area contributed by atoms with Crippen molar-refractivity contribution in [3.05, 3.63) is 35.9 Å². The molecular weight excluding hydrogens is 234 g/mol. The second-order valence-corrected chi connectivity index (χ2v) is 4.31. The van der Waals surface area contributed by atoms with Crippen LogP contribution in [0.5, 0.6) is 0 Å². The summed E-state index contributed by atoms with van der Waals surface area (Å²) in [6, 6.07) is 11.1. The van der Waals surface area contributed by atoms with Crippen molar-refractivity contribution in [1.29, 1.82) is 5.26 Å². The average Bonchev–Trinajstić information content (AvgIpc) is 3.09. The molecule has 1 aliphatic rings. The van der Waals surface area contributed by atoms with Crippen molar-refractivity contribution >= 4 is 23.2 Å². The van der Waals surface area contributed by atoms with Crippen molar-refractivity contribution < 1.29 is 4.79 Å². The lowest BCUT2D eigenvalue weighted by atomic mass is 10.1. The highest BCUT2D eigenvalue weighted by atomic mass is 32.1. The summed E-state index contributed by atoms with van der Waals surface area (Å²) in [6.07, 6.45) is 0.535. The minimum Gasteiger partial charge on any atom is -0.303 e. The van der Waals surface area contributed by atoms with E-state index >= 15 is 0 Å². The fourth-order valence-corrected chi connectivity index (χ4v) is 1.74. The minimum absolute atomic E-state index is 0.280. The van der Waals surface area contributed by atoms with Gasteiger partial charge in [0.05, 0.1) is 17.6 Å². The second-order valence-electron chi connectivity index (χ2n) is 3.81. The Hall–Kier alpha value is -1.93. The van der Waals surface area contributed by atoms with Gasteiger partial charge in [-0.15, -0.1) is 0 Å². The van der Waals surface area contributed by atoms with Gasteiger partial charge in [0.1, 0.15) is 6.04 Å². The summed E-state index contributed by atoms with van der Waals surface area (Å²) in [5.74, 6) is 0. The van der Waals surface area contributed by atoms with E-state index in [9.17, 15) is 4.79 Å². The van der Waals surface area contributed by atoms with Crippen molar-refractivity contribution in [3.8, 4) is 6.07 Å². The van der Waals surface area contributed by atoms with Gasteiger partial charge in [-0.2, -0.15) is 5.26 Å². The van der Waals surface area contributed by atoms with Crippen LogP contribution in [0.25, 0.3) is 0 Å². The van der Waals surface area contributed by atoms with E-state index in [0.717, 1.165) is 5.56 Å². The summed E-state index contributed by atoms with van der Waals surface area (Å²) >= 11 is 5.09. The zero-order valence-electron chi connectivity index (χ0n) is 9.09. The summed E-state index contributed by atoms with van der Waals surface area (Å²) in [4.78, 5) is 13.5. The van der Waals surface area contributed by atoms with Gasteiger partial charge in [-0.3, -0.25) is 0 Å². The maximum absolute atomic E-state index is 11.6. The van der Waals surface area contributed by atoms with Gasteiger partial charge >= 0.3 is 6.03 Å². The number of nitriles is 1. The third-order valence-corrected chi connectivity index (χ3v) is 2.72. The number of thiocarbonyl (C=S) groups is 1. The predicted octanol–water partition coefficient (Wildman–Crippen LogP) is 1.47. The molecular formula is C12H11N3OS. The average molecular weight is 245 g/mol. The number of carbonyl (C=O) groups excluding carboxylic acids is 1. The molecule has 2 rings (SSSR count). The summed E-state index contributed by atoms with van der Waals surface area (Å²) in [5, 5.41) is 11.2. The van der Waals surface area contributed by atoms with Gasteiger partial charge in [0.15, 0.2) is 0 Å². The van der Waals surface area contributed by atoms with Gasteiger partial charge in [0.2, 0.25) is 0 Å². The number of benzene rings is 1. The second kappa shape index (κ2) is 4.93. The first-order valence-electron chi connectivity index (χ1n) is 5.24. The highest BCUT2D eigenvalue weighted by Gasteiger charge is 2.38. The first-order chi connectivity index (χ1) is 8.20. The molecule has 1 fully saturated rings. The topological polar surface area (TPSA) is 55.9 Å². The summed E-state index contributed by atoms with van der Waals surface area (Å²) in [5.41, 5.74) is 1.06. The van der Waals surface area contributed by atoms with Gasteiger partial charge < -0.3 is 10.2 Å². The van der Waals surface area contributed by atoms with E-state index in [1.165, 1.54) is 4.90 Å². The molecule has 1 heterocycles. The van der Waals surface area contributed by atoms with Crippen LogP contribution in [0.1, 0.15) is 5.56 Å². The van der Waals surface area contributed by atoms with Crippen molar-refractivity contribution in [2.75, 3.05) is 6.54 Å². The molecule has 0 bridgehead atoms. The molecule has 0 saturated carbocycles. The molecule has 86 valence electrons. The van der Waals surface area contributed by atoms with Gasteiger partial charge in [-0.25, -0.2) is 4.79 Å². The van der Waals surface area contributed by atoms with Gasteiger partial charge in [0, 0.05) is 6.42 Å². The SMILES string of the molecule is N#CC1CN1C(=O)NC(=S)Cc1ccccc1. The third kappa shape index (κ3) is 3.02. The Morgan fingerprint density at radius 1 is 1.53 bits per heavy atom. The maximum atomic E-state index is 11.6. The summed E-state index contributed by atoms with van der Waals surface area (Å²) < 4.78 is 0. The molecule has 5 heteroatoms. The Bertz CT molecular complexity index is 480. The number of amides is 2. The van der Waals surface area contributed by atoms with E-state index in [1.54, 1.807) is 0 Å². The molecule has 17 heavy (non-hydrogen) atoms. The smallest absolute Gasteiger partial charge is 0.303 e. The van der Waals surface area contributed by atoms with Crippen LogP contribution in [0.3, 0.4) is 0 Å². The zero-order valence-corrected chi connectivity index (χ0v) is 9.91. The molecule has 1 saturated heterocycles. The first-order valence-corrected chi connectivity index (χ1v) is 5.65. The van der Waals surface area contributed by atoms with E-state index in [-0.39, 0.29) is 12.1 Å². The Morgan fingerprint density at radius 2 is 2.24 bits per heavy atom. The van der Waals surface area contributed by atoms with Crippen LogP contribution in [-0.4, -0.2) is 28.5 Å². The molecule has 1 N–H and O–H groups in total. The lowest BCUT2D eigenvalue weighted by molar-refractivity contribution is 0.233. The summed E-state index contributed by atoms with van der Waals surface area (Å²) in [7, 11) is 0. The number of carbonyl (C=O) groups is 1. The van der Waals surface area contributed by atoms with Crippen LogP contribution in [0.2, 0.25) is 0 Å². The van der Waals surface area contributed by atoms with Crippen molar-refractivity contribution in [2.24, 2.45) is 0 Å². The molecule has 0 aliphatic carbocycles. The standard InChI is InChI=1S/C12H11N3OS/c13-7-10-8-15(10)12(16)14-11(17)6-9-4-2-1-3-5-9/h1-5,10H,6,8H2,(H,14,16,17). The van der Waals surface area contributed by atoms with Crippen LogP contribution in [-0.2, 0) is 6.42 Å². The Kier molecular flexibility index (Phi) is 3.35. The van der Waals surface area contributed by atoms with Gasteiger partial charge in [0.25, 0.3) is 0 Å². The van der Waals surface area contributed by atoms with E-state index < -0.39 is 0 Å². The lowest BCUT2D eigenvalue weighted by Crippen LogP contribution is -2.34. The van der Waals surface area contributed by atoms with Crippen LogP contribution < -0.4 is 5.32 Å². The molecule has 1 aliphatic heterocycles. The number of hydrogen-bond donors (Lipinski definition) is 1. The fraction of sp³-hybridized carbons (Fsp3) is 0.250. The molecule has 1 atom stereocenters. The molecule has 4 nitrogen and oxygen atoms in total. The molecule has 1 unspecified atom stereocenters. The van der Waals surface area contributed by atoms with Crippen LogP contribution in [0, 0.1) is 11.3 Å². The Labute approximate surface area is 105 Å². The van der Waals surface area contributed by atoms with E-state index in [0.29, 0.717) is 18.0 Å². The lowest BCUT2D eigenvalue weighted by Gasteiger charge is -2.07. The van der Waals surface area contributed by atoms with E-state index in [2.05, 4.69) is 5.32 Å². The largest absolute Gasteiger partial charge is 0.323 e. The van der Waals surface area contributed by atoms with E-state index in [4.69, 9.17) is 17.5 Å². The summed E-state index contributed by atoms with van der Waals surface area (Å²) in [6.45, 7) is 0.496. The number of nitrogens with one attached hydrogen (secondary N) is 1. The molecule has 0 aromatic heterocycles.